The van der Waals surface area contributed by atoms with Crippen LogP contribution in [0, 0.1) is 12.7 Å². The summed E-state index contributed by atoms with van der Waals surface area (Å²) in [4.78, 5) is 12.1. The zero-order chi connectivity index (χ0) is 17.6. The van der Waals surface area contributed by atoms with Crippen molar-refractivity contribution in [1.82, 2.24) is 15.0 Å². The minimum absolute atomic E-state index is 0.0223. The molecule has 3 aromatic rings. The maximum absolute atomic E-state index is 14.5. The molecule has 0 spiro atoms. The number of fused-ring (bicyclic) bond motifs is 1. The summed E-state index contributed by atoms with van der Waals surface area (Å²) in [7, 11) is 0. The van der Waals surface area contributed by atoms with Crippen molar-refractivity contribution in [2.75, 3.05) is 0 Å². The van der Waals surface area contributed by atoms with Gasteiger partial charge in [-0.25, -0.2) is 19.3 Å². The quantitative estimate of drug-likeness (QED) is 0.670. The lowest BCUT2D eigenvalue weighted by Gasteiger charge is -2.20. The molecule has 7 heteroatoms. The first-order valence-corrected chi connectivity index (χ1v) is 7.94. The number of pyridine rings is 1. The molecule has 124 valence electrons. The van der Waals surface area contributed by atoms with Crippen LogP contribution in [0.15, 0.2) is 24.4 Å². The number of aryl methyl sites for hydroxylation is 1. The van der Waals surface area contributed by atoms with Crippen LogP contribution < -0.4 is 0 Å². The van der Waals surface area contributed by atoms with Gasteiger partial charge in [-0.3, -0.25) is 0 Å². The standard InChI is InChI=1S/C17H14Cl2FN3O/c1-8-11(17(2,3)24)5-9-4-10(6-13(20)15(9)22-8)14-12(18)7-21-16(19)23-14/h4-7,24H,1-3H3. The lowest BCUT2D eigenvalue weighted by atomic mass is 9.94. The van der Waals surface area contributed by atoms with Crippen molar-refractivity contribution in [3.8, 4) is 11.3 Å². The predicted molar refractivity (Wildman–Crippen MR) is 92.7 cm³/mol. The summed E-state index contributed by atoms with van der Waals surface area (Å²) in [5.41, 5.74) is 1.13. The zero-order valence-corrected chi connectivity index (χ0v) is 14.7. The third-order valence-corrected chi connectivity index (χ3v) is 4.17. The normalized spacial score (nSPS) is 12.0. The smallest absolute Gasteiger partial charge is 0.222 e. The number of halogens is 3. The monoisotopic (exact) mass is 365 g/mol. The number of hydrogen-bond acceptors (Lipinski definition) is 4. The molecule has 0 unspecified atom stereocenters. The molecule has 0 saturated heterocycles. The average Bonchev–Trinajstić information content (AvgIpc) is 2.48. The van der Waals surface area contributed by atoms with E-state index in [1.165, 1.54) is 12.3 Å². The molecule has 0 bridgehead atoms. The van der Waals surface area contributed by atoms with E-state index in [4.69, 9.17) is 23.2 Å². The van der Waals surface area contributed by atoms with Gasteiger partial charge < -0.3 is 5.11 Å². The molecule has 0 aliphatic carbocycles. The fraction of sp³-hybridized carbons (Fsp3) is 0.235. The number of aromatic nitrogens is 3. The van der Waals surface area contributed by atoms with Crippen LogP contribution in [-0.2, 0) is 5.60 Å². The maximum Gasteiger partial charge on any atom is 0.222 e. The fourth-order valence-corrected chi connectivity index (χ4v) is 2.97. The Morgan fingerprint density at radius 1 is 1.12 bits per heavy atom. The Morgan fingerprint density at radius 2 is 1.83 bits per heavy atom. The molecule has 2 heterocycles. The van der Waals surface area contributed by atoms with Crippen molar-refractivity contribution in [1.29, 1.82) is 0 Å². The molecule has 0 aliphatic heterocycles. The van der Waals surface area contributed by atoms with Crippen LogP contribution in [0.2, 0.25) is 10.3 Å². The van der Waals surface area contributed by atoms with E-state index in [-0.39, 0.29) is 15.8 Å². The predicted octanol–water partition coefficient (Wildman–Crippen LogP) is 4.67. The molecule has 0 atom stereocenters. The highest BCUT2D eigenvalue weighted by atomic mass is 35.5. The first-order chi connectivity index (χ1) is 11.2. The van der Waals surface area contributed by atoms with Crippen molar-refractivity contribution in [2.24, 2.45) is 0 Å². The highest BCUT2D eigenvalue weighted by Crippen LogP contribution is 2.32. The molecule has 0 amide bonds. The van der Waals surface area contributed by atoms with E-state index < -0.39 is 11.4 Å². The third kappa shape index (κ3) is 3.07. The summed E-state index contributed by atoms with van der Waals surface area (Å²) in [5.74, 6) is -0.501. The molecule has 4 nitrogen and oxygen atoms in total. The van der Waals surface area contributed by atoms with Gasteiger partial charge in [0.15, 0.2) is 0 Å². The molecular formula is C17H14Cl2FN3O. The number of hydrogen-bond donors (Lipinski definition) is 1. The summed E-state index contributed by atoms with van der Waals surface area (Å²) in [5, 5.41) is 11.1. The molecule has 0 aliphatic rings. The van der Waals surface area contributed by atoms with E-state index in [0.717, 1.165) is 0 Å². The van der Waals surface area contributed by atoms with Gasteiger partial charge in [0.1, 0.15) is 11.3 Å². The second-order valence-corrected chi connectivity index (χ2v) is 6.79. The largest absolute Gasteiger partial charge is 0.386 e. The topological polar surface area (TPSA) is 58.9 Å². The van der Waals surface area contributed by atoms with Crippen LogP contribution in [0.3, 0.4) is 0 Å². The Morgan fingerprint density at radius 3 is 2.50 bits per heavy atom. The number of nitrogens with zero attached hydrogens (tertiary/aromatic N) is 3. The Kier molecular flexibility index (Phi) is 4.20. The van der Waals surface area contributed by atoms with Crippen molar-refractivity contribution in [3.63, 3.8) is 0 Å². The van der Waals surface area contributed by atoms with Gasteiger partial charge in [-0.15, -0.1) is 0 Å². The van der Waals surface area contributed by atoms with Crippen molar-refractivity contribution in [2.45, 2.75) is 26.4 Å². The summed E-state index contributed by atoms with van der Waals surface area (Å²) >= 11 is 11.9. The van der Waals surface area contributed by atoms with Crippen LogP contribution in [0.1, 0.15) is 25.1 Å². The van der Waals surface area contributed by atoms with E-state index in [9.17, 15) is 9.50 Å². The Labute approximate surface area is 148 Å². The van der Waals surface area contributed by atoms with E-state index >= 15 is 0 Å². The molecule has 0 fully saturated rings. The van der Waals surface area contributed by atoms with Gasteiger partial charge in [0.25, 0.3) is 0 Å². The zero-order valence-electron chi connectivity index (χ0n) is 13.2. The Balaban J connectivity index is 2.29. The number of benzene rings is 1. The van der Waals surface area contributed by atoms with Gasteiger partial charge >= 0.3 is 0 Å². The Hall–Kier alpha value is -1.82. The lowest BCUT2D eigenvalue weighted by Crippen LogP contribution is -2.18. The van der Waals surface area contributed by atoms with E-state index in [1.807, 2.05) is 0 Å². The first-order valence-electron chi connectivity index (χ1n) is 7.19. The van der Waals surface area contributed by atoms with Crippen LogP contribution in [0.25, 0.3) is 22.2 Å². The third-order valence-electron chi connectivity index (χ3n) is 3.71. The van der Waals surface area contributed by atoms with Crippen LogP contribution >= 0.6 is 23.2 Å². The molecule has 1 aromatic carbocycles. The molecule has 24 heavy (non-hydrogen) atoms. The summed E-state index contributed by atoms with van der Waals surface area (Å²) in [6.45, 7) is 5.05. The van der Waals surface area contributed by atoms with Gasteiger partial charge in [-0.2, -0.15) is 0 Å². The second-order valence-electron chi connectivity index (χ2n) is 6.05. The van der Waals surface area contributed by atoms with Crippen molar-refractivity contribution in [3.05, 3.63) is 51.8 Å². The van der Waals surface area contributed by atoms with E-state index in [2.05, 4.69) is 15.0 Å². The van der Waals surface area contributed by atoms with E-state index in [0.29, 0.717) is 27.9 Å². The molecular weight excluding hydrogens is 352 g/mol. The molecule has 0 radical (unpaired) electrons. The summed E-state index contributed by atoms with van der Waals surface area (Å²) in [6, 6.07) is 4.74. The van der Waals surface area contributed by atoms with Gasteiger partial charge in [-0.1, -0.05) is 11.6 Å². The van der Waals surface area contributed by atoms with Crippen LogP contribution in [0.4, 0.5) is 4.39 Å². The van der Waals surface area contributed by atoms with Crippen LogP contribution in [0.5, 0.6) is 0 Å². The maximum atomic E-state index is 14.5. The SMILES string of the molecule is Cc1nc2c(F)cc(-c3nc(Cl)ncc3Cl)cc2cc1C(C)(C)O. The highest BCUT2D eigenvalue weighted by Gasteiger charge is 2.21. The first kappa shape index (κ1) is 17.0. The average molecular weight is 366 g/mol. The van der Waals surface area contributed by atoms with Crippen LogP contribution in [-0.4, -0.2) is 20.1 Å². The second kappa shape index (κ2) is 5.92. The summed E-state index contributed by atoms with van der Waals surface area (Å²) in [6.07, 6.45) is 1.37. The fourth-order valence-electron chi connectivity index (χ4n) is 2.64. The van der Waals surface area contributed by atoms with Gasteiger partial charge in [0.05, 0.1) is 22.5 Å². The number of aliphatic hydroxyl groups is 1. The van der Waals surface area contributed by atoms with Crippen molar-refractivity contribution >= 4 is 34.1 Å². The molecule has 3 rings (SSSR count). The minimum atomic E-state index is -1.09. The Bertz CT molecular complexity index is 955. The molecule has 2 aromatic heterocycles. The number of rotatable bonds is 2. The highest BCUT2D eigenvalue weighted by molar-refractivity contribution is 6.33. The molecule has 0 saturated carbocycles. The van der Waals surface area contributed by atoms with Gasteiger partial charge in [0.2, 0.25) is 5.28 Å². The van der Waals surface area contributed by atoms with E-state index in [1.54, 1.807) is 32.9 Å². The molecule has 1 N–H and O–H groups in total. The van der Waals surface area contributed by atoms with Gasteiger partial charge in [-0.05, 0) is 50.6 Å². The van der Waals surface area contributed by atoms with Crippen molar-refractivity contribution < 1.29 is 9.50 Å². The minimum Gasteiger partial charge on any atom is -0.386 e. The summed E-state index contributed by atoms with van der Waals surface area (Å²) < 4.78 is 14.5. The van der Waals surface area contributed by atoms with Gasteiger partial charge in [0, 0.05) is 22.2 Å². The lowest BCUT2D eigenvalue weighted by molar-refractivity contribution is 0.0776.